The van der Waals surface area contributed by atoms with Crippen molar-refractivity contribution in [2.24, 2.45) is 10.8 Å². The van der Waals surface area contributed by atoms with Crippen LogP contribution in [0.1, 0.15) is 69.2 Å². The monoisotopic (exact) mass is 506 g/mol. The van der Waals surface area contributed by atoms with Gasteiger partial charge in [-0.05, 0) is 50.7 Å². The average Bonchev–Trinajstić information content (AvgIpc) is 2.72. The Kier molecular flexibility index (Phi) is 28.5. The van der Waals surface area contributed by atoms with E-state index >= 15 is 0 Å². The molecule has 0 fully saturated rings. The Balaban J connectivity index is -0.000000134. The van der Waals surface area contributed by atoms with Crippen LogP contribution in [-0.2, 0) is 31.3 Å². The van der Waals surface area contributed by atoms with E-state index in [1.165, 1.54) is 12.2 Å². The van der Waals surface area contributed by atoms with Crippen LogP contribution in [0.4, 0.5) is 0 Å². The molecule has 0 saturated heterocycles. The number of nitrogens with zero attached hydrogens (tertiary/aromatic N) is 2. The van der Waals surface area contributed by atoms with E-state index in [-0.39, 0.29) is 45.1 Å². The topological polar surface area (TPSA) is 133 Å². The van der Waals surface area contributed by atoms with Crippen LogP contribution in [0.3, 0.4) is 0 Å². The first-order chi connectivity index (χ1) is 14.6. The van der Waals surface area contributed by atoms with Crippen LogP contribution in [0.15, 0.2) is 23.7 Å². The first-order valence-corrected chi connectivity index (χ1v) is 10.8. The van der Waals surface area contributed by atoms with Gasteiger partial charge in [-0.3, -0.25) is 9.59 Å². The van der Waals surface area contributed by atoms with Gasteiger partial charge in [0.1, 0.15) is 0 Å². The molecule has 0 heterocycles. The SMILES string of the molecule is CCN(CC)C(=O)/C=C(\[O-])C(C)(C)C.CCN(CC)C(=O)/C=C(\[O-])C(C)(C)C.C[O-].C[O-].[Ti+4]. The average molecular weight is 507 g/mol. The Morgan fingerprint density at radius 1 is 0.606 bits per heavy atom. The molecule has 0 saturated carbocycles. The van der Waals surface area contributed by atoms with Crippen molar-refractivity contribution in [1.29, 1.82) is 0 Å². The zero-order valence-corrected chi connectivity index (χ0v) is 24.4. The summed E-state index contributed by atoms with van der Waals surface area (Å²) in [7, 11) is 1.50. The van der Waals surface area contributed by atoms with Crippen molar-refractivity contribution in [2.45, 2.75) is 69.2 Å². The summed E-state index contributed by atoms with van der Waals surface area (Å²) < 4.78 is 0. The number of likely N-dealkylation sites (N-methyl/N-ethyl adjacent to an activating group) is 2. The van der Waals surface area contributed by atoms with Crippen LogP contribution >= 0.6 is 0 Å². The zero-order valence-electron chi connectivity index (χ0n) is 22.8. The van der Waals surface area contributed by atoms with Crippen LogP contribution in [0.25, 0.3) is 0 Å². The van der Waals surface area contributed by atoms with Gasteiger partial charge in [0.25, 0.3) is 0 Å². The van der Waals surface area contributed by atoms with Crippen molar-refractivity contribution >= 4 is 11.8 Å². The van der Waals surface area contributed by atoms with Gasteiger partial charge in [0.15, 0.2) is 0 Å². The molecule has 0 aromatic heterocycles. The molecule has 0 rings (SSSR count). The zero-order chi connectivity index (χ0) is 26.7. The molecule has 0 unspecified atom stereocenters. The van der Waals surface area contributed by atoms with E-state index in [4.69, 9.17) is 10.2 Å². The molecule has 0 atom stereocenters. The second kappa shape index (κ2) is 22.4. The molecule has 0 bridgehead atoms. The molecule has 192 valence electrons. The maximum absolute atomic E-state index is 11.5. The molecule has 0 aromatic rings. The van der Waals surface area contributed by atoms with E-state index in [1.54, 1.807) is 51.3 Å². The van der Waals surface area contributed by atoms with E-state index < -0.39 is 10.8 Å². The first-order valence-electron chi connectivity index (χ1n) is 10.8. The van der Waals surface area contributed by atoms with Gasteiger partial charge in [-0.2, -0.15) is 14.2 Å². The van der Waals surface area contributed by atoms with Crippen LogP contribution in [-0.4, -0.2) is 62.0 Å². The summed E-state index contributed by atoms with van der Waals surface area (Å²) in [6.07, 6.45) is 2.40. The molecule has 2 amide bonds. The summed E-state index contributed by atoms with van der Waals surface area (Å²) >= 11 is 0. The van der Waals surface area contributed by atoms with Crippen LogP contribution in [0.5, 0.6) is 0 Å². The summed E-state index contributed by atoms with van der Waals surface area (Å²) in [6, 6.07) is 0. The summed E-state index contributed by atoms with van der Waals surface area (Å²) in [4.78, 5) is 26.3. The molecule has 0 aromatic carbocycles. The number of amides is 2. The Bertz CT molecular complexity index is 506. The fourth-order valence-electron chi connectivity index (χ4n) is 1.91. The molecule has 0 aliphatic heterocycles. The van der Waals surface area contributed by atoms with Gasteiger partial charge >= 0.3 is 21.7 Å². The molecule has 0 aliphatic carbocycles. The van der Waals surface area contributed by atoms with Crippen molar-refractivity contribution in [2.75, 3.05) is 40.4 Å². The van der Waals surface area contributed by atoms with Gasteiger partial charge in [-0.1, -0.05) is 41.5 Å². The number of allylic oxidation sites excluding steroid dienone is 2. The summed E-state index contributed by atoms with van der Waals surface area (Å²) in [5.74, 6) is -0.603. The van der Waals surface area contributed by atoms with Crippen molar-refractivity contribution in [3.05, 3.63) is 23.7 Å². The number of rotatable bonds is 6. The third-order valence-corrected chi connectivity index (χ3v) is 4.14. The minimum Gasteiger partial charge on any atom is -0.875 e. The Labute approximate surface area is 217 Å². The minimum atomic E-state index is -0.469. The number of carbonyl (C=O) groups excluding carboxylic acids is 2. The molecule has 33 heavy (non-hydrogen) atoms. The van der Waals surface area contributed by atoms with Gasteiger partial charge in [0.05, 0.1) is 0 Å². The van der Waals surface area contributed by atoms with Crippen LogP contribution in [0.2, 0.25) is 0 Å². The number of carbonyl (C=O) groups is 2. The molecule has 0 radical (unpaired) electrons. The molecule has 0 spiro atoms. The Morgan fingerprint density at radius 2 is 0.788 bits per heavy atom. The first kappa shape index (κ1) is 41.9. The van der Waals surface area contributed by atoms with Gasteiger partial charge in [0, 0.05) is 26.2 Å². The molecule has 8 nitrogen and oxygen atoms in total. The second-order valence-electron chi connectivity index (χ2n) is 8.54. The Hall–Kier alpha value is -1.35. The summed E-state index contributed by atoms with van der Waals surface area (Å²) in [5.41, 5.74) is -0.939. The third kappa shape index (κ3) is 21.0. The second-order valence-corrected chi connectivity index (χ2v) is 8.54. The van der Waals surface area contributed by atoms with Gasteiger partial charge in [-0.15, -0.1) is 11.5 Å². The molecule has 0 aliphatic rings. The van der Waals surface area contributed by atoms with Crippen molar-refractivity contribution < 1.29 is 51.7 Å². The van der Waals surface area contributed by atoms with E-state index in [9.17, 15) is 19.8 Å². The molecule has 0 N–H and O–H groups in total. The number of hydrogen-bond donors (Lipinski definition) is 0. The maximum Gasteiger partial charge on any atom is 4.00 e. The van der Waals surface area contributed by atoms with Crippen LogP contribution < -0.4 is 20.4 Å². The molecule has 9 heteroatoms. The normalized spacial score (nSPS) is 11.2. The summed E-state index contributed by atoms with van der Waals surface area (Å²) in [6.45, 7) is 21.0. The third-order valence-electron chi connectivity index (χ3n) is 4.14. The quantitative estimate of drug-likeness (QED) is 0.288. The van der Waals surface area contributed by atoms with E-state index in [1.807, 2.05) is 27.7 Å². The van der Waals surface area contributed by atoms with Gasteiger partial charge in [0.2, 0.25) is 11.8 Å². The van der Waals surface area contributed by atoms with Crippen molar-refractivity contribution in [3.63, 3.8) is 0 Å². The molecular formula is C24H46N2O6Ti. The van der Waals surface area contributed by atoms with Crippen molar-refractivity contribution in [1.82, 2.24) is 9.80 Å². The fraction of sp³-hybridized carbons (Fsp3) is 0.750. The predicted molar refractivity (Wildman–Crippen MR) is 123 cm³/mol. The van der Waals surface area contributed by atoms with E-state index in [2.05, 4.69) is 0 Å². The Morgan fingerprint density at radius 3 is 0.909 bits per heavy atom. The van der Waals surface area contributed by atoms with Gasteiger partial charge < -0.3 is 30.2 Å². The predicted octanol–water partition coefficient (Wildman–Crippen LogP) is 0.241. The summed E-state index contributed by atoms with van der Waals surface area (Å²) in [5, 5.41) is 39.5. The number of hydrogen-bond acceptors (Lipinski definition) is 6. The fourth-order valence-corrected chi connectivity index (χ4v) is 1.91. The molecular weight excluding hydrogens is 460 g/mol. The largest absolute Gasteiger partial charge is 4.00 e. The minimum absolute atomic E-state index is 0. The smallest absolute Gasteiger partial charge is 0.875 e. The van der Waals surface area contributed by atoms with Crippen molar-refractivity contribution in [3.8, 4) is 0 Å². The van der Waals surface area contributed by atoms with Crippen LogP contribution in [0, 0.1) is 10.8 Å². The maximum atomic E-state index is 11.5. The van der Waals surface area contributed by atoms with E-state index in [0.29, 0.717) is 26.2 Å². The standard InChI is InChI=1S/2C11H21NO2.2CH3O.Ti/c2*1-6-12(7-2)10(14)8-9(13)11(3,4)5;2*1-2;/h2*8,13H,6-7H2,1-5H3;2*1H3;/q;;2*-1;+4/p-2/b2*9-8-;;;. The van der Waals surface area contributed by atoms with Gasteiger partial charge in [-0.25, -0.2) is 0 Å². The van der Waals surface area contributed by atoms with E-state index in [0.717, 1.165) is 14.2 Å².